The zero-order valence-electron chi connectivity index (χ0n) is 6.86. The van der Waals surface area contributed by atoms with Crippen molar-refractivity contribution in [1.29, 1.82) is 0 Å². The minimum atomic E-state index is 0.749. The Kier molecular flexibility index (Phi) is 5.18. The topological polar surface area (TPSA) is 25.8 Å². The van der Waals surface area contributed by atoms with E-state index in [9.17, 15) is 0 Å². The Bertz CT molecular complexity index is 199. The monoisotopic (exact) mass is 266 g/mol. The van der Waals surface area contributed by atoms with Gasteiger partial charge in [-0.3, -0.25) is 0 Å². The van der Waals surface area contributed by atoms with Crippen LogP contribution in [0.2, 0.25) is 0 Å². The molecule has 1 aromatic heterocycles. The molecule has 0 saturated heterocycles. The second-order valence-corrected chi connectivity index (χ2v) is 5.19. The summed E-state index contributed by atoms with van der Waals surface area (Å²) in [6.07, 6.45) is 1.22. The van der Waals surface area contributed by atoms with Gasteiger partial charge in [-0.05, 0) is 5.92 Å². The molecule has 1 aromatic rings. The molecular weight excluding hydrogens is 256 g/mol. The number of hydrogen-bond acceptors (Lipinski definition) is 4. The molecule has 5 heteroatoms. The molecule has 0 spiro atoms. The molecule has 0 aromatic carbocycles. The standard InChI is InChI=1S/C7H11BrN2S2/c1-2-6(3-8)4-11-7-10-9-5-12-7/h5-6H,2-4H2,1H3. The molecule has 0 aliphatic rings. The SMILES string of the molecule is CCC(CBr)CSc1nncs1. The second-order valence-electron chi connectivity index (χ2n) is 2.44. The first-order chi connectivity index (χ1) is 5.86. The normalized spacial score (nSPS) is 13.2. The first kappa shape index (κ1) is 10.5. The summed E-state index contributed by atoms with van der Waals surface area (Å²) < 4.78 is 1.08. The summed E-state index contributed by atoms with van der Waals surface area (Å²) >= 11 is 6.90. The Morgan fingerprint density at radius 1 is 1.75 bits per heavy atom. The van der Waals surface area contributed by atoms with Crippen LogP contribution in [0.4, 0.5) is 0 Å². The van der Waals surface area contributed by atoms with E-state index in [1.54, 1.807) is 28.6 Å². The van der Waals surface area contributed by atoms with Crippen LogP contribution >= 0.6 is 39.0 Å². The van der Waals surface area contributed by atoms with Crippen molar-refractivity contribution in [1.82, 2.24) is 10.2 Å². The molecule has 0 bridgehead atoms. The number of aromatic nitrogens is 2. The molecule has 1 unspecified atom stereocenters. The lowest BCUT2D eigenvalue weighted by Gasteiger charge is -2.07. The van der Waals surface area contributed by atoms with Gasteiger partial charge < -0.3 is 0 Å². The van der Waals surface area contributed by atoms with Gasteiger partial charge in [0.25, 0.3) is 0 Å². The highest BCUT2D eigenvalue weighted by Crippen LogP contribution is 2.23. The number of halogens is 1. The molecule has 1 rings (SSSR count). The lowest BCUT2D eigenvalue weighted by Crippen LogP contribution is -2.02. The number of hydrogen-bond donors (Lipinski definition) is 0. The van der Waals surface area contributed by atoms with Gasteiger partial charge in [0.05, 0.1) is 0 Å². The summed E-state index contributed by atoms with van der Waals surface area (Å²) in [5, 5.41) is 8.84. The molecule has 0 amide bonds. The Morgan fingerprint density at radius 2 is 2.58 bits per heavy atom. The van der Waals surface area contributed by atoms with E-state index in [0.717, 1.165) is 21.3 Å². The minimum Gasteiger partial charge on any atom is -0.146 e. The van der Waals surface area contributed by atoms with E-state index in [2.05, 4.69) is 33.1 Å². The number of rotatable bonds is 5. The van der Waals surface area contributed by atoms with Gasteiger partial charge in [-0.15, -0.1) is 10.2 Å². The third-order valence-corrected chi connectivity index (χ3v) is 4.59. The summed E-state index contributed by atoms with van der Waals surface area (Å²) in [5.41, 5.74) is 1.78. The fraction of sp³-hybridized carbons (Fsp3) is 0.714. The maximum atomic E-state index is 3.97. The highest BCUT2D eigenvalue weighted by atomic mass is 79.9. The predicted molar refractivity (Wildman–Crippen MR) is 58.2 cm³/mol. The van der Waals surface area contributed by atoms with Crippen LogP contribution < -0.4 is 0 Å². The van der Waals surface area contributed by atoms with Crippen LogP contribution in [-0.2, 0) is 0 Å². The molecule has 1 heterocycles. The molecule has 0 radical (unpaired) electrons. The van der Waals surface area contributed by atoms with E-state index in [0.29, 0.717) is 0 Å². The van der Waals surface area contributed by atoms with Crippen LogP contribution in [0, 0.1) is 5.92 Å². The third-order valence-electron chi connectivity index (χ3n) is 1.58. The van der Waals surface area contributed by atoms with Crippen LogP contribution in [-0.4, -0.2) is 21.3 Å². The third kappa shape index (κ3) is 3.41. The number of alkyl halides is 1. The minimum absolute atomic E-state index is 0.749. The first-order valence-electron chi connectivity index (χ1n) is 3.81. The van der Waals surface area contributed by atoms with Crippen molar-refractivity contribution in [2.24, 2.45) is 5.92 Å². The van der Waals surface area contributed by atoms with Crippen molar-refractivity contribution in [2.75, 3.05) is 11.1 Å². The molecular formula is C7H11BrN2S2. The lowest BCUT2D eigenvalue weighted by molar-refractivity contribution is 0.652. The summed E-state index contributed by atoms with van der Waals surface area (Å²) in [7, 11) is 0. The number of nitrogens with zero attached hydrogens (tertiary/aromatic N) is 2. The molecule has 0 aliphatic heterocycles. The zero-order chi connectivity index (χ0) is 8.81. The Hall–Kier alpha value is 0.390. The predicted octanol–water partition coefficient (Wildman–Crippen LogP) is 3.05. The van der Waals surface area contributed by atoms with Crippen molar-refractivity contribution >= 4 is 39.0 Å². The fourth-order valence-corrected chi connectivity index (χ4v) is 3.40. The summed E-state index contributed by atoms with van der Waals surface area (Å²) in [6, 6.07) is 0. The van der Waals surface area contributed by atoms with E-state index in [-0.39, 0.29) is 0 Å². The summed E-state index contributed by atoms with van der Waals surface area (Å²) in [5.74, 6) is 1.88. The maximum Gasteiger partial charge on any atom is 0.174 e. The van der Waals surface area contributed by atoms with Gasteiger partial charge >= 0.3 is 0 Å². The molecule has 0 aliphatic carbocycles. The largest absolute Gasteiger partial charge is 0.174 e. The van der Waals surface area contributed by atoms with E-state index in [1.165, 1.54) is 6.42 Å². The zero-order valence-corrected chi connectivity index (χ0v) is 10.1. The van der Waals surface area contributed by atoms with Crippen LogP contribution in [0.5, 0.6) is 0 Å². The second kappa shape index (κ2) is 5.94. The fourth-order valence-electron chi connectivity index (χ4n) is 0.686. The van der Waals surface area contributed by atoms with Crippen LogP contribution in [0.3, 0.4) is 0 Å². The van der Waals surface area contributed by atoms with E-state index in [1.807, 2.05) is 0 Å². The van der Waals surface area contributed by atoms with Gasteiger partial charge in [0.15, 0.2) is 4.34 Å². The van der Waals surface area contributed by atoms with E-state index >= 15 is 0 Å². The summed E-state index contributed by atoms with van der Waals surface area (Å²) in [4.78, 5) is 0. The van der Waals surface area contributed by atoms with Gasteiger partial charge in [-0.2, -0.15) is 0 Å². The molecule has 0 N–H and O–H groups in total. The van der Waals surface area contributed by atoms with Crippen LogP contribution in [0.1, 0.15) is 13.3 Å². The first-order valence-corrected chi connectivity index (χ1v) is 6.80. The van der Waals surface area contributed by atoms with Crippen molar-refractivity contribution in [2.45, 2.75) is 17.7 Å². The van der Waals surface area contributed by atoms with Crippen molar-refractivity contribution < 1.29 is 0 Å². The summed E-state index contributed by atoms with van der Waals surface area (Å²) in [6.45, 7) is 2.21. The van der Waals surface area contributed by atoms with Gasteiger partial charge in [-0.1, -0.05) is 52.4 Å². The van der Waals surface area contributed by atoms with Gasteiger partial charge in [-0.25, -0.2) is 0 Å². The van der Waals surface area contributed by atoms with Crippen molar-refractivity contribution in [3.63, 3.8) is 0 Å². The molecule has 0 fully saturated rings. The van der Waals surface area contributed by atoms with E-state index < -0.39 is 0 Å². The van der Waals surface area contributed by atoms with Gasteiger partial charge in [0, 0.05) is 11.1 Å². The van der Waals surface area contributed by atoms with Crippen LogP contribution in [0.25, 0.3) is 0 Å². The molecule has 0 saturated carbocycles. The maximum absolute atomic E-state index is 3.97. The molecule has 68 valence electrons. The average Bonchev–Trinajstić information content (AvgIpc) is 2.59. The molecule has 1 atom stereocenters. The van der Waals surface area contributed by atoms with E-state index in [4.69, 9.17) is 0 Å². The molecule has 2 nitrogen and oxygen atoms in total. The Labute approximate surface area is 89.3 Å². The van der Waals surface area contributed by atoms with Crippen molar-refractivity contribution in [3.05, 3.63) is 5.51 Å². The lowest BCUT2D eigenvalue weighted by atomic mass is 10.2. The van der Waals surface area contributed by atoms with Crippen molar-refractivity contribution in [3.8, 4) is 0 Å². The molecule has 12 heavy (non-hydrogen) atoms. The Balaban J connectivity index is 2.25. The highest BCUT2D eigenvalue weighted by molar-refractivity contribution is 9.09. The Morgan fingerprint density at radius 3 is 3.08 bits per heavy atom. The van der Waals surface area contributed by atoms with Gasteiger partial charge in [0.2, 0.25) is 0 Å². The average molecular weight is 267 g/mol. The smallest absolute Gasteiger partial charge is 0.146 e. The number of thioether (sulfide) groups is 1. The highest BCUT2D eigenvalue weighted by Gasteiger charge is 2.06. The quantitative estimate of drug-likeness (QED) is 0.605. The van der Waals surface area contributed by atoms with Crippen LogP contribution in [0.15, 0.2) is 9.85 Å². The van der Waals surface area contributed by atoms with Gasteiger partial charge in [0.1, 0.15) is 5.51 Å².